The Labute approximate surface area is 151 Å². The van der Waals surface area contributed by atoms with Crippen LogP contribution in [0.2, 0.25) is 0 Å². The third-order valence-electron chi connectivity index (χ3n) is 5.39. The summed E-state index contributed by atoms with van der Waals surface area (Å²) in [6.45, 7) is 3.40. The van der Waals surface area contributed by atoms with Gasteiger partial charge in [-0.15, -0.1) is 5.10 Å². The lowest BCUT2D eigenvalue weighted by Crippen LogP contribution is -2.41. The van der Waals surface area contributed by atoms with E-state index in [9.17, 15) is 9.59 Å². The Balaban J connectivity index is 1.41. The zero-order valence-corrected chi connectivity index (χ0v) is 14.7. The van der Waals surface area contributed by atoms with Crippen LogP contribution in [0.25, 0.3) is 0 Å². The molecule has 1 N–H and O–H groups in total. The Morgan fingerprint density at radius 1 is 1.31 bits per heavy atom. The largest absolute Gasteiger partial charge is 0.476 e. The summed E-state index contributed by atoms with van der Waals surface area (Å²) in [5.74, 6) is -0.479. The molecule has 1 amide bonds. The zero-order valence-electron chi connectivity index (χ0n) is 14.7. The molecule has 0 bridgehead atoms. The van der Waals surface area contributed by atoms with Gasteiger partial charge in [0.05, 0.1) is 12.2 Å². The number of piperidine rings is 1. The number of aromatic carboxylic acids is 1. The molecule has 1 aromatic heterocycles. The number of carboxylic acids is 1. The maximum absolute atomic E-state index is 12.9. The zero-order chi connectivity index (χ0) is 18.3. The van der Waals surface area contributed by atoms with Gasteiger partial charge in [0.1, 0.15) is 0 Å². The van der Waals surface area contributed by atoms with E-state index in [1.54, 1.807) is 4.68 Å². The standard InChI is InChI=1S/C19H22N4O3/c1-12-4-2-5-13(8-12)15-9-16(15)18(24)22-7-3-6-14(10-22)23-11-17(19(25)26)20-21-23/h2,4-5,8,11,14-16H,3,6-7,9-10H2,1H3,(H,25,26)/t14?,15-,16+/m0/s1. The van der Waals surface area contributed by atoms with Crippen molar-refractivity contribution in [3.8, 4) is 0 Å². The Kier molecular flexibility index (Phi) is 4.22. The molecule has 0 radical (unpaired) electrons. The fourth-order valence-corrected chi connectivity index (χ4v) is 3.90. The van der Waals surface area contributed by atoms with Crippen molar-refractivity contribution in [2.24, 2.45) is 5.92 Å². The van der Waals surface area contributed by atoms with Gasteiger partial charge in [0.15, 0.2) is 5.69 Å². The van der Waals surface area contributed by atoms with E-state index in [0.717, 1.165) is 25.8 Å². The first kappa shape index (κ1) is 16.8. The van der Waals surface area contributed by atoms with E-state index >= 15 is 0 Å². The summed E-state index contributed by atoms with van der Waals surface area (Å²) in [7, 11) is 0. The van der Waals surface area contributed by atoms with Gasteiger partial charge >= 0.3 is 5.97 Å². The number of likely N-dealkylation sites (tertiary alicyclic amines) is 1. The first-order chi connectivity index (χ1) is 12.5. The summed E-state index contributed by atoms with van der Waals surface area (Å²) in [5.41, 5.74) is 2.41. The maximum atomic E-state index is 12.9. The molecule has 4 rings (SSSR count). The van der Waals surface area contributed by atoms with Crippen LogP contribution in [0.15, 0.2) is 30.5 Å². The molecule has 1 unspecified atom stereocenters. The Bertz CT molecular complexity index is 847. The second-order valence-electron chi connectivity index (χ2n) is 7.33. The van der Waals surface area contributed by atoms with E-state index in [1.165, 1.54) is 17.3 Å². The van der Waals surface area contributed by atoms with Crippen LogP contribution < -0.4 is 0 Å². The van der Waals surface area contributed by atoms with Crippen molar-refractivity contribution in [2.45, 2.75) is 38.1 Å². The number of aromatic nitrogens is 3. The van der Waals surface area contributed by atoms with Crippen molar-refractivity contribution in [1.29, 1.82) is 0 Å². The number of hydrogen-bond donors (Lipinski definition) is 1. The topological polar surface area (TPSA) is 88.3 Å². The number of benzene rings is 1. The molecule has 26 heavy (non-hydrogen) atoms. The van der Waals surface area contributed by atoms with E-state index in [4.69, 9.17) is 5.11 Å². The molecule has 1 aromatic carbocycles. The van der Waals surface area contributed by atoms with E-state index in [1.807, 2.05) is 11.0 Å². The average Bonchev–Trinajstić information content (AvgIpc) is 3.28. The number of rotatable bonds is 4. The molecule has 1 saturated carbocycles. The highest BCUT2D eigenvalue weighted by Crippen LogP contribution is 2.49. The van der Waals surface area contributed by atoms with Gasteiger partial charge in [0, 0.05) is 19.0 Å². The second kappa shape index (κ2) is 6.55. The van der Waals surface area contributed by atoms with Crippen molar-refractivity contribution in [3.05, 3.63) is 47.3 Å². The molecule has 1 saturated heterocycles. The minimum Gasteiger partial charge on any atom is -0.476 e. The summed E-state index contributed by atoms with van der Waals surface area (Å²) in [4.78, 5) is 25.8. The number of carboxylic acid groups (broad SMARTS) is 1. The minimum atomic E-state index is -1.08. The van der Waals surface area contributed by atoms with Crippen LogP contribution in [-0.2, 0) is 4.79 Å². The quantitative estimate of drug-likeness (QED) is 0.910. The van der Waals surface area contributed by atoms with Gasteiger partial charge in [-0.05, 0) is 37.7 Å². The van der Waals surface area contributed by atoms with Crippen LogP contribution in [0.4, 0.5) is 0 Å². The molecule has 1 aliphatic carbocycles. The maximum Gasteiger partial charge on any atom is 0.358 e. The molecular weight excluding hydrogens is 332 g/mol. The predicted octanol–water partition coefficient (Wildman–Crippen LogP) is 2.25. The normalized spacial score (nSPS) is 25.1. The molecule has 7 nitrogen and oxygen atoms in total. The van der Waals surface area contributed by atoms with Gasteiger partial charge in [-0.3, -0.25) is 4.79 Å². The Hall–Kier alpha value is -2.70. The molecule has 136 valence electrons. The van der Waals surface area contributed by atoms with Crippen LogP contribution in [0.3, 0.4) is 0 Å². The second-order valence-corrected chi connectivity index (χ2v) is 7.33. The highest BCUT2D eigenvalue weighted by atomic mass is 16.4. The molecule has 7 heteroatoms. The third-order valence-corrected chi connectivity index (χ3v) is 5.39. The summed E-state index contributed by atoms with van der Waals surface area (Å²) >= 11 is 0. The van der Waals surface area contributed by atoms with Crippen molar-refractivity contribution < 1.29 is 14.7 Å². The van der Waals surface area contributed by atoms with E-state index < -0.39 is 5.97 Å². The van der Waals surface area contributed by atoms with Crippen LogP contribution in [0.1, 0.15) is 52.8 Å². The van der Waals surface area contributed by atoms with Crippen molar-refractivity contribution in [2.75, 3.05) is 13.1 Å². The van der Waals surface area contributed by atoms with Gasteiger partial charge in [0.2, 0.25) is 5.91 Å². The Morgan fingerprint density at radius 2 is 2.15 bits per heavy atom. The summed E-state index contributed by atoms with van der Waals surface area (Å²) < 4.78 is 1.59. The molecular formula is C19H22N4O3. The van der Waals surface area contributed by atoms with Gasteiger partial charge in [-0.1, -0.05) is 35.0 Å². The summed E-state index contributed by atoms with van der Waals surface area (Å²) in [5, 5.41) is 16.6. The molecule has 3 atom stereocenters. The number of hydrogen-bond acceptors (Lipinski definition) is 4. The molecule has 2 aromatic rings. The lowest BCUT2D eigenvalue weighted by atomic mass is 10.0. The van der Waals surface area contributed by atoms with Gasteiger partial charge in [-0.25, -0.2) is 9.48 Å². The predicted molar refractivity (Wildman–Crippen MR) is 93.9 cm³/mol. The lowest BCUT2D eigenvalue weighted by molar-refractivity contribution is -0.134. The van der Waals surface area contributed by atoms with Crippen LogP contribution in [0, 0.1) is 12.8 Å². The molecule has 2 aliphatic rings. The number of carbonyl (C=O) groups is 2. The first-order valence-electron chi connectivity index (χ1n) is 9.03. The Morgan fingerprint density at radius 3 is 2.88 bits per heavy atom. The smallest absolute Gasteiger partial charge is 0.358 e. The van der Waals surface area contributed by atoms with Gasteiger partial charge in [0.25, 0.3) is 0 Å². The van der Waals surface area contributed by atoms with E-state index in [2.05, 4.69) is 35.4 Å². The third kappa shape index (κ3) is 3.21. The summed E-state index contributed by atoms with van der Waals surface area (Å²) in [6.07, 6.45) is 4.13. The number of aryl methyl sites for hydroxylation is 1. The highest BCUT2D eigenvalue weighted by molar-refractivity contribution is 5.84. The fourth-order valence-electron chi connectivity index (χ4n) is 3.90. The minimum absolute atomic E-state index is 0.00975. The van der Waals surface area contributed by atoms with Crippen molar-refractivity contribution in [3.63, 3.8) is 0 Å². The van der Waals surface area contributed by atoms with Gasteiger partial charge in [-0.2, -0.15) is 0 Å². The number of nitrogens with zero attached hydrogens (tertiary/aromatic N) is 4. The number of carbonyl (C=O) groups excluding carboxylic acids is 1. The molecule has 1 aliphatic heterocycles. The average molecular weight is 354 g/mol. The number of amides is 1. The molecule has 2 fully saturated rings. The van der Waals surface area contributed by atoms with Crippen LogP contribution >= 0.6 is 0 Å². The molecule has 0 spiro atoms. The van der Waals surface area contributed by atoms with Crippen LogP contribution in [0.5, 0.6) is 0 Å². The summed E-state index contributed by atoms with van der Waals surface area (Å²) in [6, 6.07) is 8.38. The highest BCUT2D eigenvalue weighted by Gasteiger charge is 2.46. The van der Waals surface area contributed by atoms with Crippen molar-refractivity contribution in [1.82, 2.24) is 19.9 Å². The van der Waals surface area contributed by atoms with Crippen LogP contribution in [-0.4, -0.2) is 50.0 Å². The van der Waals surface area contributed by atoms with E-state index in [0.29, 0.717) is 12.5 Å². The van der Waals surface area contributed by atoms with Crippen molar-refractivity contribution >= 4 is 11.9 Å². The lowest BCUT2D eigenvalue weighted by Gasteiger charge is -2.32. The monoisotopic (exact) mass is 354 g/mol. The SMILES string of the molecule is Cc1cccc([C@@H]2C[C@H]2C(=O)N2CCCC(n3cc(C(=O)O)nn3)C2)c1. The first-order valence-corrected chi connectivity index (χ1v) is 9.03. The van der Waals surface area contributed by atoms with Gasteiger partial charge < -0.3 is 10.0 Å². The fraction of sp³-hybridized carbons (Fsp3) is 0.474. The van der Waals surface area contributed by atoms with E-state index in [-0.39, 0.29) is 23.6 Å². The molecule has 2 heterocycles.